The van der Waals surface area contributed by atoms with E-state index < -0.39 is 134 Å². The Bertz CT molecular complexity index is 3270. The number of amides is 4. The number of nitrogens with one attached hydrogen (secondary N) is 4. The molecule has 7 rings (SSSR count). The van der Waals surface area contributed by atoms with E-state index in [2.05, 4.69) is 25.8 Å². The van der Waals surface area contributed by atoms with Gasteiger partial charge in [-0.05, 0) is 72.1 Å². The number of aromatic nitrogens is 3. The zero-order valence-corrected chi connectivity index (χ0v) is 37.3. The highest BCUT2D eigenvalue weighted by Gasteiger charge is 2.40. The molecule has 0 aliphatic rings. The van der Waals surface area contributed by atoms with Gasteiger partial charge < -0.3 is 32.2 Å². The van der Waals surface area contributed by atoms with E-state index in [4.69, 9.17) is 34.7 Å². The maximum Gasteiger partial charge on any atom is 0.419 e. The van der Waals surface area contributed by atoms with E-state index in [1.165, 1.54) is 43.3 Å². The molecule has 0 saturated carbocycles. The topological polar surface area (TPSA) is 226 Å². The zero-order valence-electron chi connectivity index (χ0n) is 35.8. The third kappa shape index (κ3) is 10.2. The van der Waals surface area contributed by atoms with Crippen LogP contribution in [0.15, 0.2) is 97.3 Å². The number of hydrogen-bond acceptors (Lipinski definition) is 7. The van der Waals surface area contributed by atoms with Crippen LogP contribution in [0.3, 0.4) is 0 Å². The average molecular weight is 1010 g/mol. The van der Waals surface area contributed by atoms with Gasteiger partial charge in [0.2, 0.25) is 17.6 Å². The normalized spacial score (nSPS) is 12.3. The molecule has 9 N–H and O–H groups in total. The van der Waals surface area contributed by atoms with Crippen LogP contribution in [0, 0.1) is 30.2 Å². The Hall–Kier alpha value is -7.97. The number of phenolic OH excluding ortho intramolecular Hbond substituents is 1. The molecule has 0 aliphatic carbocycles. The molecular weight excluding hydrogens is 974 g/mol. The monoisotopic (exact) mass is 1010 g/mol. The van der Waals surface area contributed by atoms with Gasteiger partial charge in [-0.3, -0.25) is 29.1 Å². The minimum atomic E-state index is -5.42. The molecule has 2 aromatic heterocycles. The fraction of sp³-hybridized carbons (Fsp3) is 0.125. The first-order valence-corrected chi connectivity index (χ1v) is 21.2. The quantitative estimate of drug-likeness (QED) is 0.0388. The second-order valence-corrected chi connectivity index (χ2v) is 16.5. The summed E-state index contributed by atoms with van der Waals surface area (Å²) in [6, 6.07) is 13.6. The fourth-order valence-corrected chi connectivity index (χ4v) is 8.32. The number of benzene rings is 5. The van der Waals surface area contributed by atoms with E-state index in [1.807, 2.05) is 0 Å². The lowest BCUT2D eigenvalue weighted by molar-refractivity contribution is -0.139. The van der Waals surface area contributed by atoms with Crippen molar-refractivity contribution in [3.63, 3.8) is 0 Å². The number of carbonyl (C=O) groups is 5. The highest BCUT2D eigenvalue weighted by Crippen LogP contribution is 2.43. The van der Waals surface area contributed by atoms with Crippen LogP contribution in [-0.4, -0.2) is 49.7 Å². The van der Waals surface area contributed by atoms with Crippen LogP contribution in [0.4, 0.5) is 30.7 Å². The predicted molar refractivity (Wildman–Crippen MR) is 241 cm³/mol. The Morgan fingerprint density at radius 1 is 0.729 bits per heavy atom. The number of hydrogen-bond donors (Lipinski definition) is 7. The van der Waals surface area contributed by atoms with Crippen molar-refractivity contribution in [1.82, 2.24) is 25.8 Å². The average Bonchev–Trinajstić information content (AvgIpc) is 3.96. The Morgan fingerprint density at radius 2 is 1.36 bits per heavy atom. The molecule has 0 radical (unpaired) electrons. The van der Waals surface area contributed by atoms with Gasteiger partial charge >= 0.3 is 6.18 Å². The number of phenols is 1. The summed E-state index contributed by atoms with van der Waals surface area (Å²) in [4.78, 5) is 69.2. The lowest BCUT2D eigenvalue weighted by atomic mass is 9.89. The first-order valence-electron chi connectivity index (χ1n) is 20.4. The number of aromatic hydroxyl groups is 1. The van der Waals surface area contributed by atoms with Crippen LogP contribution in [0.2, 0.25) is 10.0 Å². The highest BCUT2D eigenvalue weighted by molar-refractivity contribution is 6.33. The van der Waals surface area contributed by atoms with Crippen LogP contribution in [-0.2, 0) is 15.8 Å². The number of nitrogens with zero attached hydrogens (tertiary/aromatic N) is 1. The molecule has 70 heavy (non-hydrogen) atoms. The Balaban J connectivity index is 1.31. The standard InChI is InChI=1S/C48H34Cl2F7N7O6/c1-20-33(53)15-27(26-9-8-22(14-30(26)50)35(17-37(59)67)63-47(70)29-19-61-64-43(29)40-31(51)10-11-32(52)41(40)48(55,56)57)42(54)38(20)39-28(18-60-44(39)45(68)23-5-3-7-25(65)13-23)46(69)62-34(16-36(58)66)21-4-2-6-24(49)12-21/h2-15,18-19,34-35,60,65H,16-17H2,1H3,(H2,58,66)(H2,59,67)(H,61,64)(H,62,69)(H,63,70)/t34-,35-/m0/s1. The minimum absolute atomic E-state index is 0.0131. The molecule has 0 bridgehead atoms. The summed E-state index contributed by atoms with van der Waals surface area (Å²) in [5, 5.41) is 20.8. The summed E-state index contributed by atoms with van der Waals surface area (Å²) in [6.45, 7) is 1.18. The number of ketones is 1. The fourth-order valence-electron chi connectivity index (χ4n) is 7.83. The molecule has 0 spiro atoms. The van der Waals surface area contributed by atoms with Crippen LogP contribution in [0.5, 0.6) is 5.75 Å². The van der Waals surface area contributed by atoms with Crippen molar-refractivity contribution in [1.29, 1.82) is 0 Å². The zero-order chi connectivity index (χ0) is 50.9. The van der Waals surface area contributed by atoms with Crippen LogP contribution in [0.1, 0.15) is 83.9 Å². The molecule has 0 fully saturated rings. The second kappa shape index (κ2) is 19.9. The van der Waals surface area contributed by atoms with Gasteiger partial charge in [0.05, 0.1) is 59.2 Å². The van der Waals surface area contributed by atoms with Crippen molar-refractivity contribution in [3.8, 4) is 39.3 Å². The summed E-state index contributed by atoms with van der Waals surface area (Å²) in [7, 11) is 0. The summed E-state index contributed by atoms with van der Waals surface area (Å²) in [5.41, 5.74) is 3.26. The van der Waals surface area contributed by atoms with E-state index in [0.717, 1.165) is 30.6 Å². The Kier molecular flexibility index (Phi) is 14.2. The van der Waals surface area contributed by atoms with Crippen LogP contribution in [0.25, 0.3) is 33.5 Å². The van der Waals surface area contributed by atoms with Gasteiger partial charge in [0, 0.05) is 44.1 Å². The predicted octanol–water partition coefficient (Wildman–Crippen LogP) is 9.56. The number of primary amides is 2. The Labute approximate surface area is 401 Å². The van der Waals surface area contributed by atoms with Gasteiger partial charge in [-0.15, -0.1) is 0 Å². The summed E-state index contributed by atoms with van der Waals surface area (Å²) in [6.07, 6.45) is -4.73. The van der Waals surface area contributed by atoms with Crippen molar-refractivity contribution in [3.05, 3.63) is 175 Å². The minimum Gasteiger partial charge on any atom is -0.508 e. The number of H-pyrrole nitrogens is 2. The van der Waals surface area contributed by atoms with Gasteiger partial charge in [0.1, 0.15) is 34.6 Å². The first kappa shape index (κ1) is 49.9. The first-order chi connectivity index (χ1) is 33.0. The molecule has 22 heteroatoms. The van der Waals surface area contributed by atoms with E-state index in [0.29, 0.717) is 11.6 Å². The van der Waals surface area contributed by atoms with Gasteiger partial charge in [-0.2, -0.15) is 18.3 Å². The number of carbonyl (C=O) groups excluding carboxylic acids is 5. The molecular formula is C48H34Cl2F7N7O6. The lowest BCUT2D eigenvalue weighted by Gasteiger charge is -2.21. The van der Waals surface area contributed by atoms with Crippen molar-refractivity contribution < 1.29 is 59.8 Å². The molecule has 0 saturated heterocycles. The molecule has 13 nitrogen and oxygen atoms in total. The van der Waals surface area contributed by atoms with E-state index in [1.54, 1.807) is 18.2 Å². The molecule has 7 aromatic rings. The lowest BCUT2D eigenvalue weighted by Crippen LogP contribution is -2.32. The molecule has 5 aromatic carbocycles. The largest absolute Gasteiger partial charge is 0.508 e. The molecule has 2 heterocycles. The summed E-state index contributed by atoms with van der Waals surface area (Å²) >= 11 is 12.9. The van der Waals surface area contributed by atoms with Gasteiger partial charge in [-0.25, -0.2) is 17.6 Å². The van der Waals surface area contributed by atoms with E-state index >= 15 is 8.78 Å². The third-order valence-electron chi connectivity index (χ3n) is 11.0. The van der Waals surface area contributed by atoms with Crippen LogP contribution < -0.4 is 22.1 Å². The highest BCUT2D eigenvalue weighted by atomic mass is 35.5. The SMILES string of the molecule is Cc1c(F)cc(-c2ccc([C@H](CC(N)=O)NC(=O)c3cn[nH]c3-c3c(F)ccc(F)c3C(F)(F)F)cc2Cl)c(F)c1-c1c(C(=O)N[C@@H](CC(N)=O)c2cccc(Cl)c2)c[nH]c1C(=O)c1cccc(O)c1. The van der Waals surface area contributed by atoms with Crippen LogP contribution >= 0.6 is 23.2 Å². The number of nitrogens with two attached hydrogens (primary N) is 2. The summed E-state index contributed by atoms with van der Waals surface area (Å²) < 4.78 is 105. The smallest absolute Gasteiger partial charge is 0.419 e. The van der Waals surface area contributed by atoms with Gasteiger partial charge in [0.15, 0.2) is 0 Å². The second-order valence-electron chi connectivity index (χ2n) is 15.7. The number of rotatable bonds is 15. The van der Waals surface area contributed by atoms with Gasteiger partial charge in [-0.1, -0.05) is 59.6 Å². The maximum absolute atomic E-state index is 17.5. The summed E-state index contributed by atoms with van der Waals surface area (Å²) in [5.74, 6) is -10.9. The van der Waals surface area contributed by atoms with Crippen molar-refractivity contribution in [2.45, 2.75) is 38.0 Å². The van der Waals surface area contributed by atoms with E-state index in [9.17, 15) is 51.0 Å². The van der Waals surface area contributed by atoms with Crippen molar-refractivity contribution in [2.75, 3.05) is 0 Å². The number of aromatic amines is 2. The molecule has 2 atom stereocenters. The Morgan fingerprint density at radius 3 is 1.97 bits per heavy atom. The number of alkyl halides is 3. The maximum atomic E-state index is 17.5. The van der Waals surface area contributed by atoms with Crippen molar-refractivity contribution in [2.24, 2.45) is 11.5 Å². The number of halogens is 9. The molecule has 4 amide bonds. The molecule has 0 unspecified atom stereocenters. The van der Waals surface area contributed by atoms with Crippen molar-refractivity contribution >= 4 is 52.6 Å². The third-order valence-corrected chi connectivity index (χ3v) is 11.6. The molecule has 0 aliphatic heterocycles. The van der Waals surface area contributed by atoms with E-state index in [-0.39, 0.29) is 44.1 Å². The molecule has 360 valence electrons. The van der Waals surface area contributed by atoms with Gasteiger partial charge in [0.25, 0.3) is 11.8 Å².